The number of anilines is 1. The first-order chi connectivity index (χ1) is 13.6. The number of rotatable bonds is 4. The van der Waals surface area contributed by atoms with Gasteiger partial charge in [-0.3, -0.25) is 9.69 Å². The van der Waals surface area contributed by atoms with Crippen LogP contribution < -0.4 is 10.5 Å². The molecule has 0 aliphatic carbocycles. The number of benzene rings is 1. The zero-order valence-electron chi connectivity index (χ0n) is 15.1. The van der Waals surface area contributed by atoms with Crippen molar-refractivity contribution in [2.75, 3.05) is 31.1 Å². The SMILES string of the molecule is O=c1c(Cl)c(N2CCCN(Cc3cscn3)CC2)cnn1-c1ccc(Cl)cc1. The van der Waals surface area contributed by atoms with Gasteiger partial charge in [-0.15, -0.1) is 11.3 Å². The van der Waals surface area contributed by atoms with Gasteiger partial charge in [0.25, 0.3) is 5.56 Å². The minimum Gasteiger partial charge on any atom is -0.368 e. The molecule has 0 atom stereocenters. The molecule has 2 aromatic heterocycles. The van der Waals surface area contributed by atoms with E-state index < -0.39 is 0 Å². The molecular weight excluding hydrogens is 417 g/mol. The van der Waals surface area contributed by atoms with Crippen LogP contribution in [0.3, 0.4) is 0 Å². The van der Waals surface area contributed by atoms with Gasteiger partial charge in [0.05, 0.1) is 28.8 Å². The molecule has 0 radical (unpaired) electrons. The summed E-state index contributed by atoms with van der Waals surface area (Å²) in [6, 6.07) is 6.93. The van der Waals surface area contributed by atoms with E-state index in [-0.39, 0.29) is 10.6 Å². The summed E-state index contributed by atoms with van der Waals surface area (Å²) in [7, 11) is 0. The smallest absolute Gasteiger partial charge is 0.292 e. The molecular formula is C19H19Cl2N5OS. The number of nitrogens with zero attached hydrogens (tertiary/aromatic N) is 5. The first kappa shape index (κ1) is 19.4. The largest absolute Gasteiger partial charge is 0.368 e. The average molecular weight is 436 g/mol. The summed E-state index contributed by atoms with van der Waals surface area (Å²) in [5.41, 5.74) is 3.95. The quantitative estimate of drug-likeness (QED) is 0.624. The molecule has 0 saturated carbocycles. The number of hydrogen-bond acceptors (Lipinski definition) is 6. The Morgan fingerprint density at radius 3 is 2.64 bits per heavy atom. The van der Waals surface area contributed by atoms with Gasteiger partial charge in [-0.1, -0.05) is 23.2 Å². The van der Waals surface area contributed by atoms with Crippen LogP contribution in [0.2, 0.25) is 10.0 Å². The summed E-state index contributed by atoms with van der Waals surface area (Å²) in [4.78, 5) is 21.7. The predicted molar refractivity (Wildman–Crippen MR) is 114 cm³/mol. The van der Waals surface area contributed by atoms with Crippen LogP contribution in [0.5, 0.6) is 0 Å². The topological polar surface area (TPSA) is 54.3 Å². The van der Waals surface area contributed by atoms with Crippen molar-refractivity contribution in [3.05, 3.63) is 67.4 Å². The monoisotopic (exact) mass is 435 g/mol. The molecule has 4 rings (SSSR count). The lowest BCUT2D eigenvalue weighted by molar-refractivity contribution is 0.282. The van der Waals surface area contributed by atoms with Crippen molar-refractivity contribution in [3.63, 3.8) is 0 Å². The van der Waals surface area contributed by atoms with Gasteiger partial charge in [-0.05, 0) is 30.7 Å². The Labute approximate surface area is 176 Å². The third kappa shape index (κ3) is 4.22. The number of halogens is 2. The van der Waals surface area contributed by atoms with Gasteiger partial charge in [0.1, 0.15) is 5.02 Å². The second-order valence-corrected chi connectivity index (χ2v) is 8.17. The van der Waals surface area contributed by atoms with Crippen LogP contribution in [0.1, 0.15) is 12.1 Å². The Balaban J connectivity index is 1.52. The molecule has 0 N–H and O–H groups in total. The Bertz CT molecular complexity index is 991. The number of thiazole rings is 1. The lowest BCUT2D eigenvalue weighted by Gasteiger charge is -2.24. The Kier molecular flexibility index (Phi) is 5.96. The molecule has 0 unspecified atom stereocenters. The Morgan fingerprint density at radius 2 is 1.89 bits per heavy atom. The van der Waals surface area contributed by atoms with Crippen molar-refractivity contribution in [3.8, 4) is 5.69 Å². The predicted octanol–water partition coefficient (Wildman–Crippen LogP) is 3.71. The highest BCUT2D eigenvalue weighted by Crippen LogP contribution is 2.23. The fourth-order valence-corrected chi connectivity index (χ4v) is 4.25. The van der Waals surface area contributed by atoms with E-state index >= 15 is 0 Å². The van der Waals surface area contributed by atoms with Gasteiger partial charge in [-0.2, -0.15) is 9.78 Å². The average Bonchev–Trinajstić information content (AvgIpc) is 3.10. The molecule has 1 aliphatic heterocycles. The Morgan fingerprint density at radius 1 is 1.07 bits per heavy atom. The van der Waals surface area contributed by atoms with Gasteiger partial charge in [-0.25, -0.2) is 4.98 Å². The van der Waals surface area contributed by atoms with E-state index in [0.29, 0.717) is 16.4 Å². The second-order valence-electron chi connectivity index (χ2n) is 6.63. The van der Waals surface area contributed by atoms with Crippen LogP contribution in [-0.4, -0.2) is 45.8 Å². The van der Waals surface area contributed by atoms with Gasteiger partial charge in [0, 0.05) is 43.1 Å². The van der Waals surface area contributed by atoms with Gasteiger partial charge in [0.15, 0.2) is 0 Å². The first-order valence-electron chi connectivity index (χ1n) is 9.00. The molecule has 3 aromatic rings. The summed E-state index contributed by atoms with van der Waals surface area (Å²) >= 11 is 14.0. The molecule has 28 heavy (non-hydrogen) atoms. The standard InChI is InChI=1S/C19H19Cl2N5OS/c20-14-2-4-16(5-3-14)26-19(27)18(21)17(10-23-26)25-7-1-6-24(8-9-25)11-15-12-28-13-22-15/h2-5,10,12-13H,1,6-9,11H2. The molecule has 0 bridgehead atoms. The van der Waals surface area contributed by atoms with E-state index in [1.54, 1.807) is 41.8 Å². The minimum atomic E-state index is -0.329. The molecule has 1 aliphatic rings. The van der Waals surface area contributed by atoms with Gasteiger partial charge < -0.3 is 4.90 Å². The minimum absolute atomic E-state index is 0.193. The van der Waals surface area contributed by atoms with Crippen LogP contribution in [-0.2, 0) is 6.54 Å². The van der Waals surface area contributed by atoms with E-state index in [1.165, 1.54) is 4.68 Å². The maximum Gasteiger partial charge on any atom is 0.292 e. The van der Waals surface area contributed by atoms with E-state index in [9.17, 15) is 4.79 Å². The zero-order chi connectivity index (χ0) is 19.5. The van der Waals surface area contributed by atoms with Gasteiger partial charge in [0.2, 0.25) is 0 Å². The highest BCUT2D eigenvalue weighted by molar-refractivity contribution is 7.07. The molecule has 146 valence electrons. The lowest BCUT2D eigenvalue weighted by Crippen LogP contribution is -2.32. The molecule has 6 nitrogen and oxygen atoms in total. The fourth-order valence-electron chi connectivity index (χ4n) is 3.33. The van der Waals surface area contributed by atoms with Crippen molar-refractivity contribution in [1.82, 2.24) is 19.7 Å². The zero-order valence-corrected chi connectivity index (χ0v) is 17.4. The van der Waals surface area contributed by atoms with Crippen molar-refractivity contribution < 1.29 is 0 Å². The van der Waals surface area contributed by atoms with Crippen LogP contribution in [0, 0.1) is 0 Å². The van der Waals surface area contributed by atoms with E-state index in [0.717, 1.165) is 44.8 Å². The fraction of sp³-hybridized carbons (Fsp3) is 0.316. The highest BCUT2D eigenvalue weighted by atomic mass is 35.5. The molecule has 3 heterocycles. The van der Waals surface area contributed by atoms with Crippen LogP contribution in [0.4, 0.5) is 5.69 Å². The van der Waals surface area contributed by atoms with Crippen molar-refractivity contribution >= 4 is 40.2 Å². The van der Waals surface area contributed by atoms with Crippen molar-refractivity contribution in [1.29, 1.82) is 0 Å². The normalized spacial score (nSPS) is 15.6. The maximum absolute atomic E-state index is 12.8. The number of hydrogen-bond donors (Lipinski definition) is 0. The molecule has 1 fully saturated rings. The van der Waals surface area contributed by atoms with Crippen LogP contribution >= 0.6 is 34.5 Å². The summed E-state index contributed by atoms with van der Waals surface area (Å²) in [5, 5.41) is 7.22. The summed E-state index contributed by atoms with van der Waals surface area (Å²) in [6.45, 7) is 4.34. The third-order valence-electron chi connectivity index (χ3n) is 4.77. The molecule has 9 heteroatoms. The van der Waals surface area contributed by atoms with Crippen molar-refractivity contribution in [2.45, 2.75) is 13.0 Å². The molecule has 1 saturated heterocycles. The van der Waals surface area contributed by atoms with E-state index in [4.69, 9.17) is 23.2 Å². The molecule has 0 amide bonds. The third-order valence-corrected chi connectivity index (χ3v) is 6.01. The lowest BCUT2D eigenvalue weighted by atomic mass is 10.3. The maximum atomic E-state index is 12.8. The molecule has 1 aromatic carbocycles. The summed E-state index contributed by atoms with van der Waals surface area (Å²) in [6.07, 6.45) is 2.66. The van der Waals surface area contributed by atoms with E-state index in [1.807, 2.05) is 5.51 Å². The first-order valence-corrected chi connectivity index (χ1v) is 10.7. The van der Waals surface area contributed by atoms with Crippen molar-refractivity contribution in [2.24, 2.45) is 0 Å². The Hall–Kier alpha value is -1.93. The second kappa shape index (κ2) is 8.61. The van der Waals surface area contributed by atoms with Crippen LogP contribution in [0.25, 0.3) is 5.69 Å². The van der Waals surface area contributed by atoms with Crippen LogP contribution in [0.15, 0.2) is 46.1 Å². The van der Waals surface area contributed by atoms with Gasteiger partial charge >= 0.3 is 0 Å². The summed E-state index contributed by atoms with van der Waals surface area (Å²) in [5.74, 6) is 0. The summed E-state index contributed by atoms with van der Waals surface area (Å²) < 4.78 is 1.30. The number of aromatic nitrogens is 3. The van der Waals surface area contributed by atoms with E-state index in [2.05, 4.69) is 25.3 Å². The molecule has 0 spiro atoms. The highest BCUT2D eigenvalue weighted by Gasteiger charge is 2.20.